The molecule has 0 bridgehead atoms. The highest BCUT2D eigenvalue weighted by Crippen LogP contribution is 2.15. The molecule has 1 unspecified atom stereocenters. The second-order valence-corrected chi connectivity index (χ2v) is 7.16. The van der Waals surface area contributed by atoms with E-state index in [-0.39, 0.29) is 0 Å². The molecule has 1 aromatic rings. The largest absolute Gasteiger partial charge is 0.381 e. The summed E-state index contributed by atoms with van der Waals surface area (Å²) in [5, 5.41) is 6.65. The molecule has 2 rings (SSSR count). The number of nitrogens with one attached hydrogen (secondary N) is 2. The van der Waals surface area contributed by atoms with Gasteiger partial charge in [-0.15, -0.1) is 11.3 Å². The SMILES string of the molecule is CCNC(=NCc1ccc(C)s1)NCCCOCC1CCOC1. The summed E-state index contributed by atoms with van der Waals surface area (Å²) in [7, 11) is 0. The van der Waals surface area contributed by atoms with Crippen LogP contribution in [-0.4, -0.2) is 45.5 Å². The predicted molar refractivity (Wildman–Crippen MR) is 96.2 cm³/mol. The second kappa shape index (κ2) is 10.6. The van der Waals surface area contributed by atoms with Crippen molar-refractivity contribution in [3.8, 4) is 0 Å². The smallest absolute Gasteiger partial charge is 0.191 e. The van der Waals surface area contributed by atoms with Crippen molar-refractivity contribution in [1.29, 1.82) is 0 Å². The minimum absolute atomic E-state index is 0.594. The first-order chi connectivity index (χ1) is 11.3. The number of hydrogen-bond acceptors (Lipinski definition) is 4. The summed E-state index contributed by atoms with van der Waals surface area (Å²) in [4.78, 5) is 7.25. The van der Waals surface area contributed by atoms with Gasteiger partial charge in [-0.2, -0.15) is 0 Å². The summed E-state index contributed by atoms with van der Waals surface area (Å²) in [6.45, 7) is 10.0. The molecule has 2 N–H and O–H groups in total. The average molecular weight is 340 g/mol. The van der Waals surface area contributed by atoms with Crippen LogP contribution in [0.25, 0.3) is 0 Å². The Hall–Kier alpha value is -1.11. The van der Waals surface area contributed by atoms with E-state index in [0.717, 1.165) is 64.9 Å². The van der Waals surface area contributed by atoms with Crippen molar-refractivity contribution in [1.82, 2.24) is 10.6 Å². The zero-order chi connectivity index (χ0) is 16.3. The highest BCUT2D eigenvalue weighted by molar-refractivity contribution is 7.11. The third-order valence-corrected chi connectivity index (χ3v) is 4.65. The lowest BCUT2D eigenvalue weighted by atomic mass is 10.1. The normalized spacial score (nSPS) is 18.3. The van der Waals surface area contributed by atoms with Crippen LogP contribution in [0, 0.1) is 12.8 Å². The average Bonchev–Trinajstić information content (AvgIpc) is 3.19. The maximum atomic E-state index is 5.71. The molecular formula is C17H29N3O2S. The van der Waals surface area contributed by atoms with Crippen molar-refractivity contribution in [3.05, 3.63) is 21.9 Å². The lowest BCUT2D eigenvalue weighted by molar-refractivity contribution is 0.0888. The summed E-state index contributed by atoms with van der Waals surface area (Å²) in [6, 6.07) is 4.29. The zero-order valence-corrected chi connectivity index (χ0v) is 15.1. The quantitative estimate of drug-likeness (QED) is 0.412. The van der Waals surface area contributed by atoms with Crippen LogP contribution in [0.1, 0.15) is 29.5 Å². The van der Waals surface area contributed by atoms with Gasteiger partial charge >= 0.3 is 0 Å². The Kier molecular flexibility index (Phi) is 8.42. The Balaban J connectivity index is 1.59. The number of guanidine groups is 1. The van der Waals surface area contributed by atoms with Gasteiger partial charge in [0.05, 0.1) is 19.8 Å². The Morgan fingerprint density at radius 2 is 2.35 bits per heavy atom. The molecule has 23 heavy (non-hydrogen) atoms. The van der Waals surface area contributed by atoms with Crippen molar-refractivity contribution in [3.63, 3.8) is 0 Å². The number of aliphatic imine (C=N–C) groups is 1. The highest BCUT2D eigenvalue weighted by atomic mass is 32.1. The van der Waals surface area contributed by atoms with Crippen molar-refractivity contribution in [2.75, 3.05) is 39.5 Å². The second-order valence-electron chi connectivity index (χ2n) is 5.79. The Labute approximate surface area is 143 Å². The molecule has 0 saturated carbocycles. The Morgan fingerprint density at radius 3 is 3.04 bits per heavy atom. The van der Waals surface area contributed by atoms with Crippen LogP contribution in [0.15, 0.2) is 17.1 Å². The van der Waals surface area contributed by atoms with E-state index < -0.39 is 0 Å². The summed E-state index contributed by atoms with van der Waals surface area (Å²) < 4.78 is 11.1. The van der Waals surface area contributed by atoms with Crippen LogP contribution in [0.3, 0.4) is 0 Å². The van der Waals surface area contributed by atoms with Crippen molar-refractivity contribution in [2.45, 2.75) is 33.2 Å². The first-order valence-corrected chi connectivity index (χ1v) is 9.32. The van der Waals surface area contributed by atoms with Crippen LogP contribution in [0.2, 0.25) is 0 Å². The highest BCUT2D eigenvalue weighted by Gasteiger charge is 2.15. The van der Waals surface area contributed by atoms with Gasteiger partial charge in [-0.05, 0) is 38.8 Å². The van der Waals surface area contributed by atoms with Crippen LogP contribution in [-0.2, 0) is 16.0 Å². The van der Waals surface area contributed by atoms with Gasteiger partial charge in [0.15, 0.2) is 5.96 Å². The first-order valence-electron chi connectivity index (χ1n) is 8.51. The molecule has 130 valence electrons. The summed E-state index contributed by atoms with van der Waals surface area (Å²) in [5.74, 6) is 1.47. The Bertz CT molecular complexity index is 470. The van der Waals surface area contributed by atoms with Gasteiger partial charge in [0.1, 0.15) is 0 Å². The fourth-order valence-corrected chi connectivity index (χ4v) is 3.23. The molecule has 5 nitrogen and oxygen atoms in total. The molecule has 1 aliphatic rings. The zero-order valence-electron chi connectivity index (χ0n) is 14.3. The van der Waals surface area contributed by atoms with E-state index >= 15 is 0 Å². The van der Waals surface area contributed by atoms with Crippen LogP contribution in [0.4, 0.5) is 0 Å². The molecule has 0 radical (unpaired) electrons. The van der Waals surface area contributed by atoms with Gasteiger partial charge in [-0.25, -0.2) is 4.99 Å². The number of hydrogen-bond donors (Lipinski definition) is 2. The lowest BCUT2D eigenvalue weighted by Crippen LogP contribution is -2.38. The molecule has 1 aromatic heterocycles. The lowest BCUT2D eigenvalue weighted by Gasteiger charge is -2.12. The molecule has 0 aliphatic carbocycles. The van der Waals surface area contributed by atoms with E-state index in [4.69, 9.17) is 9.47 Å². The van der Waals surface area contributed by atoms with Crippen LogP contribution in [0.5, 0.6) is 0 Å². The van der Waals surface area contributed by atoms with E-state index in [1.807, 2.05) is 0 Å². The van der Waals surface area contributed by atoms with Crippen molar-refractivity contribution < 1.29 is 9.47 Å². The van der Waals surface area contributed by atoms with Gasteiger partial charge in [-0.3, -0.25) is 0 Å². The summed E-state index contributed by atoms with van der Waals surface area (Å²) in [5.41, 5.74) is 0. The minimum atomic E-state index is 0.594. The molecule has 6 heteroatoms. The van der Waals surface area contributed by atoms with Gasteiger partial charge in [-0.1, -0.05) is 0 Å². The third-order valence-electron chi connectivity index (χ3n) is 3.67. The molecule has 0 aromatic carbocycles. The van der Waals surface area contributed by atoms with Gasteiger partial charge in [0.25, 0.3) is 0 Å². The molecule has 1 saturated heterocycles. The topological polar surface area (TPSA) is 54.9 Å². The standard InChI is InChI=1S/C17H29N3O2S/c1-3-18-17(20-11-16-6-5-14(2)23-16)19-8-4-9-21-12-15-7-10-22-13-15/h5-6,15H,3-4,7-13H2,1-2H3,(H2,18,19,20). The minimum Gasteiger partial charge on any atom is -0.381 e. The summed E-state index contributed by atoms with van der Waals surface area (Å²) >= 11 is 1.80. The molecule has 1 aliphatic heterocycles. The van der Waals surface area contributed by atoms with Gasteiger partial charge in [0.2, 0.25) is 0 Å². The Morgan fingerprint density at radius 1 is 1.43 bits per heavy atom. The van der Waals surface area contributed by atoms with Crippen molar-refractivity contribution >= 4 is 17.3 Å². The predicted octanol–water partition coefficient (Wildman–Crippen LogP) is 2.55. The van der Waals surface area contributed by atoms with Crippen LogP contribution < -0.4 is 10.6 Å². The molecule has 0 amide bonds. The molecular weight excluding hydrogens is 310 g/mol. The van der Waals surface area contributed by atoms with E-state index in [1.165, 1.54) is 9.75 Å². The van der Waals surface area contributed by atoms with Gasteiger partial charge < -0.3 is 20.1 Å². The van der Waals surface area contributed by atoms with E-state index in [2.05, 4.69) is 41.6 Å². The maximum absolute atomic E-state index is 5.71. The van der Waals surface area contributed by atoms with Crippen molar-refractivity contribution in [2.24, 2.45) is 10.9 Å². The number of ether oxygens (including phenoxy) is 2. The maximum Gasteiger partial charge on any atom is 0.191 e. The van der Waals surface area contributed by atoms with Crippen LogP contribution >= 0.6 is 11.3 Å². The number of aryl methyl sites for hydroxylation is 1. The molecule has 0 spiro atoms. The van der Waals surface area contributed by atoms with E-state index in [0.29, 0.717) is 5.92 Å². The number of nitrogens with zero attached hydrogens (tertiary/aromatic N) is 1. The van der Waals surface area contributed by atoms with E-state index in [1.54, 1.807) is 11.3 Å². The number of thiophene rings is 1. The first kappa shape index (κ1) is 18.2. The number of rotatable bonds is 9. The molecule has 2 heterocycles. The fraction of sp³-hybridized carbons (Fsp3) is 0.706. The molecule has 1 atom stereocenters. The summed E-state index contributed by atoms with van der Waals surface area (Å²) in [6.07, 6.45) is 2.12. The monoisotopic (exact) mass is 339 g/mol. The van der Waals surface area contributed by atoms with Gasteiger partial charge in [0, 0.05) is 42.0 Å². The molecule has 1 fully saturated rings. The fourth-order valence-electron chi connectivity index (χ4n) is 2.41. The van der Waals surface area contributed by atoms with E-state index in [9.17, 15) is 0 Å². The third kappa shape index (κ3) is 7.33.